The van der Waals surface area contributed by atoms with Gasteiger partial charge in [0.2, 0.25) is 5.91 Å². The van der Waals surface area contributed by atoms with E-state index in [9.17, 15) is 4.79 Å². The first-order chi connectivity index (χ1) is 9.23. The average molecular weight is 343 g/mol. The molecule has 0 spiro atoms. The molecule has 1 amide bonds. The van der Waals surface area contributed by atoms with Crippen LogP contribution in [0.3, 0.4) is 0 Å². The lowest BCUT2D eigenvalue weighted by molar-refractivity contribution is -0.129. The van der Waals surface area contributed by atoms with Gasteiger partial charge in [0.25, 0.3) is 0 Å². The van der Waals surface area contributed by atoms with Gasteiger partial charge in [0.15, 0.2) is 0 Å². The predicted octanol–water partition coefficient (Wildman–Crippen LogP) is 2.80. The molecule has 0 bridgehead atoms. The van der Waals surface area contributed by atoms with E-state index < -0.39 is 0 Å². The summed E-state index contributed by atoms with van der Waals surface area (Å²) in [5.41, 5.74) is 0.915. The third kappa shape index (κ3) is 5.51. The number of amides is 1. The average Bonchev–Trinajstić information content (AvgIpc) is 2.35. The zero-order chi connectivity index (χ0) is 15.3. The molecule has 0 aliphatic carbocycles. The van der Waals surface area contributed by atoms with E-state index in [1.54, 1.807) is 19.1 Å². The number of likely N-dealkylation sites (N-methyl/N-ethyl adjacent to an activating group) is 1. The van der Waals surface area contributed by atoms with Gasteiger partial charge in [-0.2, -0.15) is 0 Å². The molecule has 0 unspecified atom stereocenters. The summed E-state index contributed by atoms with van der Waals surface area (Å²) in [4.78, 5) is 13.8. The minimum Gasteiger partial charge on any atom is -0.496 e. The van der Waals surface area contributed by atoms with Gasteiger partial charge in [0, 0.05) is 29.2 Å². The van der Waals surface area contributed by atoms with Crippen molar-refractivity contribution in [3.8, 4) is 5.75 Å². The number of carbonyl (C=O) groups is 1. The van der Waals surface area contributed by atoms with Crippen molar-refractivity contribution >= 4 is 21.8 Å². The zero-order valence-electron chi connectivity index (χ0n) is 12.8. The van der Waals surface area contributed by atoms with Gasteiger partial charge in [0.1, 0.15) is 5.75 Å². The topological polar surface area (TPSA) is 41.6 Å². The van der Waals surface area contributed by atoms with E-state index in [0.717, 1.165) is 15.8 Å². The molecular formula is C15H23BrN2O2. The Hall–Kier alpha value is -1.07. The molecule has 0 saturated heterocycles. The molecule has 0 radical (unpaired) electrons. The summed E-state index contributed by atoms with van der Waals surface area (Å²) < 4.78 is 6.29. The molecule has 1 aromatic rings. The van der Waals surface area contributed by atoms with Crippen LogP contribution in [0.5, 0.6) is 5.75 Å². The minimum atomic E-state index is -0.0655. The summed E-state index contributed by atoms with van der Waals surface area (Å²) in [5.74, 6) is 0.846. The lowest BCUT2D eigenvalue weighted by Gasteiger charge is -2.24. The maximum absolute atomic E-state index is 12.1. The molecule has 0 aliphatic heterocycles. The molecule has 1 rings (SSSR count). The van der Waals surface area contributed by atoms with Crippen LogP contribution in [0.1, 0.15) is 26.3 Å². The Morgan fingerprint density at radius 1 is 1.40 bits per heavy atom. The van der Waals surface area contributed by atoms with E-state index in [4.69, 9.17) is 4.74 Å². The van der Waals surface area contributed by atoms with Crippen molar-refractivity contribution < 1.29 is 9.53 Å². The van der Waals surface area contributed by atoms with Crippen LogP contribution in [0.2, 0.25) is 0 Å². The molecule has 5 heteroatoms. The lowest BCUT2D eigenvalue weighted by atomic mass is 10.1. The fourth-order valence-corrected chi connectivity index (χ4v) is 2.10. The predicted molar refractivity (Wildman–Crippen MR) is 84.9 cm³/mol. The molecular weight excluding hydrogens is 320 g/mol. The second-order valence-electron chi connectivity index (χ2n) is 5.81. The highest BCUT2D eigenvalue weighted by atomic mass is 79.9. The maximum atomic E-state index is 12.1. The molecule has 0 fully saturated rings. The van der Waals surface area contributed by atoms with Crippen molar-refractivity contribution in [3.63, 3.8) is 0 Å². The molecule has 4 nitrogen and oxygen atoms in total. The molecule has 1 N–H and O–H groups in total. The molecule has 0 heterocycles. The largest absolute Gasteiger partial charge is 0.496 e. The Morgan fingerprint density at radius 3 is 2.60 bits per heavy atom. The highest BCUT2D eigenvalue weighted by Crippen LogP contribution is 2.24. The molecule has 112 valence electrons. The third-order valence-electron chi connectivity index (χ3n) is 2.85. The smallest absolute Gasteiger partial charge is 0.236 e. The van der Waals surface area contributed by atoms with Gasteiger partial charge in [-0.05, 0) is 39.0 Å². The standard InChI is InChI=1S/C15H23BrN2O2/c1-15(2,3)17-9-14(19)18(4)10-11-8-12(16)6-7-13(11)20-5/h6-8,17H,9-10H2,1-5H3. The van der Waals surface area contributed by atoms with Gasteiger partial charge < -0.3 is 15.0 Å². The maximum Gasteiger partial charge on any atom is 0.236 e. The van der Waals surface area contributed by atoms with Crippen LogP contribution in [-0.4, -0.2) is 37.0 Å². The summed E-state index contributed by atoms with van der Waals surface area (Å²) in [6.45, 7) is 6.97. The van der Waals surface area contributed by atoms with Crippen LogP contribution >= 0.6 is 15.9 Å². The molecule has 1 aromatic carbocycles. The van der Waals surface area contributed by atoms with Crippen LogP contribution in [0.4, 0.5) is 0 Å². The normalized spacial score (nSPS) is 11.3. The van der Waals surface area contributed by atoms with Crippen molar-refractivity contribution in [2.45, 2.75) is 32.9 Å². The van der Waals surface area contributed by atoms with Gasteiger partial charge in [-0.3, -0.25) is 4.79 Å². The van der Waals surface area contributed by atoms with Gasteiger partial charge in [-0.15, -0.1) is 0 Å². The van der Waals surface area contributed by atoms with Gasteiger partial charge >= 0.3 is 0 Å². The van der Waals surface area contributed by atoms with E-state index in [1.165, 1.54) is 0 Å². The third-order valence-corrected chi connectivity index (χ3v) is 3.34. The first kappa shape index (κ1) is 17.0. The van der Waals surface area contributed by atoms with E-state index in [-0.39, 0.29) is 11.4 Å². The van der Waals surface area contributed by atoms with E-state index in [2.05, 4.69) is 21.2 Å². The van der Waals surface area contributed by atoms with E-state index in [1.807, 2.05) is 39.0 Å². The number of nitrogens with one attached hydrogen (secondary N) is 1. The van der Waals surface area contributed by atoms with Crippen LogP contribution in [0.25, 0.3) is 0 Å². The Balaban J connectivity index is 2.68. The highest BCUT2D eigenvalue weighted by molar-refractivity contribution is 9.10. The van der Waals surface area contributed by atoms with Crippen LogP contribution in [0.15, 0.2) is 22.7 Å². The monoisotopic (exact) mass is 342 g/mol. The Kier molecular flexibility index (Phi) is 6.02. The summed E-state index contributed by atoms with van der Waals surface area (Å²) in [6, 6.07) is 5.79. The molecule has 0 saturated carbocycles. The molecule has 20 heavy (non-hydrogen) atoms. The van der Waals surface area contributed by atoms with Crippen molar-refractivity contribution in [2.24, 2.45) is 0 Å². The SMILES string of the molecule is COc1ccc(Br)cc1CN(C)C(=O)CNC(C)(C)C. The second kappa shape index (κ2) is 7.09. The Bertz CT molecular complexity index is 469. The number of halogens is 1. The van der Waals surface area contributed by atoms with Crippen LogP contribution in [0, 0.1) is 0 Å². The summed E-state index contributed by atoms with van der Waals surface area (Å²) in [5, 5.41) is 3.20. The summed E-state index contributed by atoms with van der Waals surface area (Å²) in [7, 11) is 3.43. The number of nitrogens with zero attached hydrogens (tertiary/aromatic N) is 1. The molecule has 0 atom stereocenters. The zero-order valence-corrected chi connectivity index (χ0v) is 14.4. The van der Waals surface area contributed by atoms with Gasteiger partial charge in [-0.1, -0.05) is 15.9 Å². The number of benzene rings is 1. The second-order valence-corrected chi connectivity index (χ2v) is 6.73. The minimum absolute atomic E-state index is 0.0574. The first-order valence-corrected chi connectivity index (χ1v) is 7.33. The van der Waals surface area contributed by atoms with E-state index >= 15 is 0 Å². The van der Waals surface area contributed by atoms with Gasteiger partial charge in [-0.25, -0.2) is 0 Å². The number of hydrogen-bond donors (Lipinski definition) is 1. The Labute approximate surface area is 129 Å². The van der Waals surface area contributed by atoms with Crippen molar-refractivity contribution in [1.82, 2.24) is 10.2 Å². The summed E-state index contributed by atoms with van der Waals surface area (Å²) >= 11 is 3.44. The van der Waals surface area contributed by atoms with E-state index in [0.29, 0.717) is 13.1 Å². The summed E-state index contributed by atoms with van der Waals surface area (Å²) in [6.07, 6.45) is 0. The van der Waals surface area contributed by atoms with Crippen molar-refractivity contribution in [2.75, 3.05) is 20.7 Å². The Morgan fingerprint density at radius 2 is 2.05 bits per heavy atom. The highest BCUT2D eigenvalue weighted by Gasteiger charge is 2.15. The quantitative estimate of drug-likeness (QED) is 0.894. The van der Waals surface area contributed by atoms with Crippen molar-refractivity contribution in [3.05, 3.63) is 28.2 Å². The van der Waals surface area contributed by atoms with Crippen LogP contribution < -0.4 is 10.1 Å². The number of ether oxygens (including phenoxy) is 1. The van der Waals surface area contributed by atoms with Crippen molar-refractivity contribution in [1.29, 1.82) is 0 Å². The number of methoxy groups -OCH3 is 1. The number of carbonyl (C=O) groups excluding carboxylic acids is 1. The molecule has 0 aromatic heterocycles. The lowest BCUT2D eigenvalue weighted by Crippen LogP contribution is -2.43. The fourth-order valence-electron chi connectivity index (χ4n) is 1.69. The fraction of sp³-hybridized carbons (Fsp3) is 0.533. The molecule has 0 aliphatic rings. The number of rotatable bonds is 5. The first-order valence-electron chi connectivity index (χ1n) is 6.54. The number of hydrogen-bond acceptors (Lipinski definition) is 3. The van der Waals surface area contributed by atoms with Gasteiger partial charge in [0.05, 0.1) is 13.7 Å². The van der Waals surface area contributed by atoms with Crippen LogP contribution in [-0.2, 0) is 11.3 Å².